The zero-order chi connectivity index (χ0) is 25.9. The molecule has 0 aliphatic carbocycles. The molecule has 4 aromatic carbocycles. The Bertz CT molecular complexity index is 1730. The van der Waals surface area contributed by atoms with Crippen molar-refractivity contribution in [1.82, 2.24) is 25.0 Å². The Kier molecular flexibility index (Phi) is 5.99. The third-order valence-corrected chi connectivity index (χ3v) is 6.02. The van der Waals surface area contributed by atoms with Gasteiger partial charge in [-0.15, -0.1) is 5.10 Å². The summed E-state index contributed by atoms with van der Waals surface area (Å²) in [6.07, 6.45) is 1.73. The number of benzene rings is 4. The first-order valence-corrected chi connectivity index (χ1v) is 11.9. The number of nitrogens with zero attached hydrogens (tertiary/aromatic N) is 6. The number of fused-ring (bicyclic) bond motifs is 1. The molecule has 0 unspecified atom stereocenters. The van der Waals surface area contributed by atoms with Gasteiger partial charge in [-0.25, -0.2) is 14.6 Å². The van der Waals surface area contributed by atoms with Crippen molar-refractivity contribution in [2.24, 2.45) is 0 Å². The molecule has 38 heavy (non-hydrogen) atoms. The van der Waals surface area contributed by atoms with Gasteiger partial charge in [0.1, 0.15) is 18.1 Å². The number of aromatic nitrogens is 5. The van der Waals surface area contributed by atoms with E-state index in [4.69, 9.17) is 14.7 Å². The van der Waals surface area contributed by atoms with Crippen LogP contribution in [0.3, 0.4) is 0 Å². The molecule has 0 N–H and O–H groups in total. The maximum atomic E-state index is 10.8. The van der Waals surface area contributed by atoms with Crippen LogP contribution in [0.1, 0.15) is 5.69 Å². The van der Waals surface area contributed by atoms with E-state index in [9.17, 15) is 10.1 Å². The predicted octanol–water partition coefficient (Wildman–Crippen LogP) is 6.03. The van der Waals surface area contributed by atoms with Gasteiger partial charge in [-0.05, 0) is 42.5 Å². The molecule has 0 amide bonds. The third kappa shape index (κ3) is 4.68. The smallest absolute Gasteiger partial charge is 0.269 e. The molecule has 0 radical (unpaired) electrons. The summed E-state index contributed by atoms with van der Waals surface area (Å²) in [6, 6.07) is 31.8. The van der Waals surface area contributed by atoms with Crippen LogP contribution in [0.5, 0.6) is 5.75 Å². The molecular formula is C29H20N6O3. The molecule has 0 fully saturated rings. The van der Waals surface area contributed by atoms with Gasteiger partial charge in [0.05, 0.1) is 28.0 Å². The normalized spacial score (nSPS) is 10.9. The summed E-state index contributed by atoms with van der Waals surface area (Å²) in [5.74, 6) is 1.31. The van der Waals surface area contributed by atoms with Gasteiger partial charge < -0.3 is 4.74 Å². The van der Waals surface area contributed by atoms with Crippen LogP contribution < -0.4 is 4.74 Å². The van der Waals surface area contributed by atoms with Crippen molar-refractivity contribution >= 4 is 16.6 Å². The molecule has 0 aliphatic rings. The lowest BCUT2D eigenvalue weighted by molar-refractivity contribution is -0.384. The van der Waals surface area contributed by atoms with Gasteiger partial charge in [0.15, 0.2) is 5.82 Å². The monoisotopic (exact) mass is 500 g/mol. The Labute approximate surface area is 217 Å². The van der Waals surface area contributed by atoms with Crippen LogP contribution in [0.2, 0.25) is 0 Å². The van der Waals surface area contributed by atoms with Crippen molar-refractivity contribution < 1.29 is 9.66 Å². The summed E-state index contributed by atoms with van der Waals surface area (Å²) in [4.78, 5) is 20.1. The highest BCUT2D eigenvalue weighted by Gasteiger charge is 2.12. The van der Waals surface area contributed by atoms with Crippen LogP contribution in [-0.4, -0.2) is 29.9 Å². The molecule has 0 saturated heterocycles. The van der Waals surface area contributed by atoms with E-state index in [0.717, 1.165) is 27.7 Å². The molecule has 2 heterocycles. The minimum atomic E-state index is -0.440. The van der Waals surface area contributed by atoms with Gasteiger partial charge in [-0.2, -0.15) is 0 Å². The first-order valence-electron chi connectivity index (χ1n) is 11.9. The fourth-order valence-electron chi connectivity index (χ4n) is 4.10. The maximum absolute atomic E-state index is 10.8. The second-order valence-corrected chi connectivity index (χ2v) is 8.52. The minimum Gasteiger partial charge on any atom is -0.487 e. The molecule has 6 aromatic rings. The number of nitro groups is 1. The number of para-hydroxylation sites is 1. The lowest BCUT2D eigenvalue weighted by Crippen LogP contribution is -1.97. The van der Waals surface area contributed by atoms with Gasteiger partial charge in [0.2, 0.25) is 0 Å². The molecule has 6 rings (SSSR count). The Balaban J connectivity index is 1.19. The second kappa shape index (κ2) is 9.90. The predicted molar refractivity (Wildman–Crippen MR) is 143 cm³/mol. The van der Waals surface area contributed by atoms with Crippen molar-refractivity contribution in [2.45, 2.75) is 6.61 Å². The fraction of sp³-hybridized carbons (Fsp3) is 0.0345. The van der Waals surface area contributed by atoms with Crippen LogP contribution in [0, 0.1) is 10.1 Å². The maximum Gasteiger partial charge on any atom is 0.269 e. The first-order chi connectivity index (χ1) is 18.6. The molecule has 9 nitrogen and oxygen atoms in total. The third-order valence-electron chi connectivity index (χ3n) is 6.02. The van der Waals surface area contributed by atoms with Crippen molar-refractivity contribution in [3.05, 3.63) is 125 Å². The summed E-state index contributed by atoms with van der Waals surface area (Å²) < 4.78 is 7.45. The van der Waals surface area contributed by atoms with Gasteiger partial charge >= 0.3 is 0 Å². The summed E-state index contributed by atoms with van der Waals surface area (Å²) in [5.41, 5.74) is 5.00. The molecule has 0 bridgehead atoms. The quantitative estimate of drug-likeness (QED) is 0.194. The summed E-state index contributed by atoms with van der Waals surface area (Å²) in [5, 5.41) is 20.1. The Morgan fingerprint density at radius 3 is 2.29 bits per heavy atom. The van der Waals surface area contributed by atoms with E-state index >= 15 is 0 Å². The van der Waals surface area contributed by atoms with Crippen LogP contribution in [0.15, 0.2) is 109 Å². The zero-order valence-corrected chi connectivity index (χ0v) is 20.0. The molecular weight excluding hydrogens is 480 g/mol. The number of ether oxygens (including phenoxy) is 1. The lowest BCUT2D eigenvalue weighted by Gasteiger charge is -2.10. The van der Waals surface area contributed by atoms with E-state index in [1.54, 1.807) is 23.0 Å². The van der Waals surface area contributed by atoms with Gasteiger partial charge in [-0.3, -0.25) is 10.1 Å². The molecule has 0 aliphatic heterocycles. The van der Waals surface area contributed by atoms with Crippen LogP contribution >= 0.6 is 0 Å². The van der Waals surface area contributed by atoms with E-state index in [0.29, 0.717) is 23.0 Å². The average Bonchev–Trinajstić information content (AvgIpc) is 3.45. The molecule has 0 atom stereocenters. The Morgan fingerprint density at radius 2 is 1.53 bits per heavy atom. The number of nitro benzene ring substituents is 1. The molecule has 0 spiro atoms. The second-order valence-electron chi connectivity index (χ2n) is 8.52. The number of hydrogen-bond donors (Lipinski definition) is 0. The van der Waals surface area contributed by atoms with Crippen LogP contribution in [-0.2, 0) is 6.61 Å². The highest BCUT2D eigenvalue weighted by atomic mass is 16.6. The van der Waals surface area contributed by atoms with Crippen molar-refractivity contribution in [1.29, 1.82) is 0 Å². The molecule has 2 aromatic heterocycles. The van der Waals surface area contributed by atoms with Gasteiger partial charge in [-0.1, -0.05) is 53.7 Å². The standard InChI is InChI=1S/C29H20N6O3/c36-35(37)24-14-12-23(13-15-24)34-18-22(32-33-34)19-38-25-16-10-21(11-17-25)29-30-27-9-5-4-8-26(27)28(31-29)20-6-2-1-3-7-20/h1-18H,19H2. The largest absolute Gasteiger partial charge is 0.487 e. The summed E-state index contributed by atoms with van der Waals surface area (Å²) >= 11 is 0. The summed E-state index contributed by atoms with van der Waals surface area (Å²) in [6.45, 7) is 0.219. The number of non-ortho nitro benzene ring substituents is 1. The lowest BCUT2D eigenvalue weighted by atomic mass is 10.1. The van der Waals surface area contributed by atoms with Crippen molar-refractivity contribution in [3.63, 3.8) is 0 Å². The van der Waals surface area contributed by atoms with E-state index in [1.807, 2.05) is 78.9 Å². The highest BCUT2D eigenvalue weighted by molar-refractivity contribution is 5.93. The fourth-order valence-corrected chi connectivity index (χ4v) is 4.10. The molecule has 0 saturated carbocycles. The van der Waals surface area contributed by atoms with E-state index in [1.165, 1.54) is 12.1 Å². The summed E-state index contributed by atoms with van der Waals surface area (Å²) in [7, 11) is 0. The Morgan fingerprint density at radius 1 is 0.789 bits per heavy atom. The van der Waals surface area contributed by atoms with Gasteiger partial charge in [0.25, 0.3) is 5.69 Å². The van der Waals surface area contributed by atoms with Crippen molar-refractivity contribution in [2.75, 3.05) is 0 Å². The van der Waals surface area contributed by atoms with Crippen LogP contribution in [0.25, 0.3) is 39.2 Å². The molecule has 184 valence electrons. The van der Waals surface area contributed by atoms with Crippen molar-refractivity contribution in [3.8, 4) is 34.1 Å². The van der Waals surface area contributed by atoms with E-state index < -0.39 is 4.92 Å². The van der Waals surface area contributed by atoms with Crippen LogP contribution in [0.4, 0.5) is 5.69 Å². The van der Waals surface area contributed by atoms with E-state index in [-0.39, 0.29) is 12.3 Å². The highest BCUT2D eigenvalue weighted by Crippen LogP contribution is 2.29. The SMILES string of the molecule is O=[N+]([O-])c1ccc(-n2cc(COc3ccc(-c4nc(-c5ccccc5)c5ccccc5n4)cc3)nn2)cc1. The average molecular weight is 501 g/mol. The molecule has 9 heteroatoms. The zero-order valence-electron chi connectivity index (χ0n) is 20.0. The van der Waals surface area contributed by atoms with E-state index in [2.05, 4.69) is 10.3 Å². The minimum absolute atomic E-state index is 0.0197. The first kappa shape index (κ1) is 23.0. The number of hydrogen-bond acceptors (Lipinski definition) is 7. The number of rotatable bonds is 7. The van der Waals surface area contributed by atoms with Gasteiger partial charge in [0, 0.05) is 28.6 Å². The topological polar surface area (TPSA) is 109 Å². The Hall–Kier alpha value is -5.44.